The zero-order valence-corrected chi connectivity index (χ0v) is 11.1. The smallest absolute Gasteiger partial charge is 0.306 e. The van der Waals surface area contributed by atoms with E-state index in [1.807, 2.05) is 11.5 Å². The van der Waals surface area contributed by atoms with Gasteiger partial charge in [0, 0.05) is 31.9 Å². The van der Waals surface area contributed by atoms with Gasteiger partial charge in [-0.15, -0.1) is 0 Å². The zero-order valence-electron chi connectivity index (χ0n) is 11.1. The lowest BCUT2D eigenvalue weighted by Gasteiger charge is -2.30. The molecule has 19 heavy (non-hydrogen) atoms. The number of hydrogen-bond acceptors (Lipinski definition) is 3. The molecule has 1 amide bonds. The average Bonchev–Trinajstić information content (AvgIpc) is 2.86. The molecule has 6 heteroatoms. The van der Waals surface area contributed by atoms with Crippen LogP contribution in [0.4, 0.5) is 0 Å². The summed E-state index contributed by atoms with van der Waals surface area (Å²) < 4.78 is 1.85. The predicted octanol–water partition coefficient (Wildman–Crippen LogP) is 0.769. The van der Waals surface area contributed by atoms with Gasteiger partial charge in [0.2, 0.25) is 5.91 Å². The highest BCUT2D eigenvalue weighted by molar-refractivity contribution is 5.77. The molecule has 0 spiro atoms. The van der Waals surface area contributed by atoms with E-state index in [1.54, 1.807) is 17.3 Å². The molecule has 0 aromatic carbocycles. The number of carbonyl (C=O) groups is 2. The summed E-state index contributed by atoms with van der Waals surface area (Å²) in [5.74, 6) is -0.121. The summed E-state index contributed by atoms with van der Waals surface area (Å²) in [7, 11) is 0. The van der Waals surface area contributed by atoms with Crippen molar-refractivity contribution in [3.8, 4) is 0 Å². The number of aryl methyl sites for hydroxylation is 1. The first-order chi connectivity index (χ1) is 9.11. The third-order valence-corrected chi connectivity index (χ3v) is 3.62. The minimum atomic E-state index is -0.755. The third-order valence-electron chi connectivity index (χ3n) is 3.62. The number of aromatic nitrogens is 2. The molecule has 6 nitrogen and oxygen atoms in total. The zero-order chi connectivity index (χ0) is 13.8. The Hall–Kier alpha value is -1.85. The minimum absolute atomic E-state index is 0.0385. The number of piperidine rings is 1. The number of carboxylic acid groups (broad SMARTS) is 1. The second kappa shape index (κ2) is 5.86. The Balaban J connectivity index is 1.90. The number of carbonyl (C=O) groups excluding carboxylic acids is 1. The first-order valence-corrected chi connectivity index (χ1v) is 6.62. The van der Waals surface area contributed by atoms with Gasteiger partial charge in [0.05, 0.1) is 5.92 Å². The summed E-state index contributed by atoms with van der Waals surface area (Å²) in [5.41, 5.74) is 0. The number of likely N-dealkylation sites (tertiary alicyclic amines) is 1. The Morgan fingerprint density at radius 3 is 2.68 bits per heavy atom. The van der Waals surface area contributed by atoms with Gasteiger partial charge in [-0.3, -0.25) is 9.59 Å². The summed E-state index contributed by atoms with van der Waals surface area (Å²) in [6.07, 6.45) is 5.39. The van der Waals surface area contributed by atoms with Crippen molar-refractivity contribution in [2.75, 3.05) is 13.1 Å². The SMILES string of the molecule is CCc1nccn1CC(=O)N1CCC(C(=O)O)CC1. The van der Waals surface area contributed by atoms with Crippen LogP contribution in [-0.4, -0.2) is 44.5 Å². The lowest BCUT2D eigenvalue weighted by molar-refractivity contribution is -0.145. The summed E-state index contributed by atoms with van der Waals surface area (Å²) >= 11 is 0. The van der Waals surface area contributed by atoms with E-state index >= 15 is 0 Å². The van der Waals surface area contributed by atoms with E-state index in [1.165, 1.54) is 0 Å². The van der Waals surface area contributed by atoms with Gasteiger partial charge in [0.1, 0.15) is 12.4 Å². The van der Waals surface area contributed by atoms with Crippen molar-refractivity contribution in [1.29, 1.82) is 0 Å². The van der Waals surface area contributed by atoms with E-state index in [-0.39, 0.29) is 11.8 Å². The molecule has 0 bridgehead atoms. The highest BCUT2D eigenvalue weighted by Gasteiger charge is 2.27. The number of amides is 1. The van der Waals surface area contributed by atoms with Gasteiger partial charge in [-0.1, -0.05) is 6.92 Å². The van der Waals surface area contributed by atoms with Gasteiger partial charge in [-0.2, -0.15) is 0 Å². The molecule has 1 N–H and O–H groups in total. The Bertz CT molecular complexity index is 461. The van der Waals surface area contributed by atoms with Crippen LogP contribution in [0.5, 0.6) is 0 Å². The normalized spacial score (nSPS) is 16.6. The van der Waals surface area contributed by atoms with Crippen LogP contribution in [-0.2, 0) is 22.6 Å². The van der Waals surface area contributed by atoms with Crippen LogP contribution in [0.15, 0.2) is 12.4 Å². The summed E-state index contributed by atoms with van der Waals surface area (Å²) in [4.78, 5) is 28.9. The van der Waals surface area contributed by atoms with E-state index in [9.17, 15) is 9.59 Å². The number of hydrogen-bond donors (Lipinski definition) is 1. The van der Waals surface area contributed by atoms with Gasteiger partial charge in [0.25, 0.3) is 0 Å². The van der Waals surface area contributed by atoms with Crippen LogP contribution in [0.2, 0.25) is 0 Å². The number of nitrogens with zero attached hydrogens (tertiary/aromatic N) is 3. The van der Waals surface area contributed by atoms with Crippen LogP contribution < -0.4 is 0 Å². The molecule has 1 aliphatic rings. The quantitative estimate of drug-likeness (QED) is 0.872. The first kappa shape index (κ1) is 13.6. The number of imidazole rings is 1. The van der Waals surface area contributed by atoms with Crippen LogP contribution in [0, 0.1) is 5.92 Å². The molecule has 0 atom stereocenters. The van der Waals surface area contributed by atoms with Gasteiger partial charge in [-0.25, -0.2) is 4.98 Å². The third kappa shape index (κ3) is 3.13. The molecule has 1 aromatic heterocycles. The van der Waals surface area contributed by atoms with Gasteiger partial charge < -0.3 is 14.6 Å². The Morgan fingerprint density at radius 2 is 2.11 bits per heavy atom. The molecule has 0 radical (unpaired) electrons. The van der Waals surface area contributed by atoms with Crippen molar-refractivity contribution in [2.45, 2.75) is 32.7 Å². The van der Waals surface area contributed by atoms with Crippen LogP contribution in [0.1, 0.15) is 25.6 Å². The second-order valence-electron chi connectivity index (χ2n) is 4.82. The van der Waals surface area contributed by atoms with E-state index in [2.05, 4.69) is 4.98 Å². The molecule has 2 heterocycles. The molecule has 0 aliphatic carbocycles. The number of carboxylic acids is 1. The molecule has 2 rings (SSSR count). The molecule has 104 valence electrons. The molecule has 0 unspecified atom stereocenters. The maximum absolute atomic E-state index is 12.1. The molecule has 1 fully saturated rings. The van der Waals surface area contributed by atoms with Crippen molar-refractivity contribution in [3.05, 3.63) is 18.2 Å². The Morgan fingerprint density at radius 1 is 1.42 bits per heavy atom. The molecule has 1 saturated heterocycles. The van der Waals surface area contributed by atoms with Crippen molar-refractivity contribution < 1.29 is 14.7 Å². The molecule has 0 saturated carbocycles. The second-order valence-corrected chi connectivity index (χ2v) is 4.82. The molecule has 1 aromatic rings. The van der Waals surface area contributed by atoms with Crippen molar-refractivity contribution >= 4 is 11.9 Å². The van der Waals surface area contributed by atoms with E-state index in [4.69, 9.17) is 5.11 Å². The van der Waals surface area contributed by atoms with Gasteiger partial charge >= 0.3 is 5.97 Å². The lowest BCUT2D eigenvalue weighted by Crippen LogP contribution is -2.41. The maximum Gasteiger partial charge on any atom is 0.306 e. The molecular weight excluding hydrogens is 246 g/mol. The highest BCUT2D eigenvalue weighted by atomic mass is 16.4. The number of aliphatic carboxylic acids is 1. The largest absolute Gasteiger partial charge is 0.481 e. The fraction of sp³-hybridized carbons (Fsp3) is 0.615. The van der Waals surface area contributed by atoms with E-state index < -0.39 is 5.97 Å². The van der Waals surface area contributed by atoms with E-state index in [0.29, 0.717) is 32.5 Å². The lowest BCUT2D eigenvalue weighted by atomic mass is 9.97. The fourth-order valence-electron chi connectivity index (χ4n) is 2.42. The standard InChI is InChI=1S/C13H19N3O3/c1-2-11-14-5-8-16(11)9-12(17)15-6-3-10(4-7-15)13(18)19/h5,8,10H,2-4,6-7,9H2,1H3,(H,18,19). The van der Waals surface area contributed by atoms with Crippen LogP contribution in [0.3, 0.4) is 0 Å². The average molecular weight is 265 g/mol. The summed E-state index contributed by atoms with van der Waals surface area (Å²) in [6.45, 7) is 3.36. The van der Waals surface area contributed by atoms with Crippen LogP contribution >= 0.6 is 0 Å². The first-order valence-electron chi connectivity index (χ1n) is 6.62. The fourth-order valence-corrected chi connectivity index (χ4v) is 2.42. The van der Waals surface area contributed by atoms with Crippen molar-refractivity contribution in [2.24, 2.45) is 5.92 Å². The van der Waals surface area contributed by atoms with E-state index in [0.717, 1.165) is 12.2 Å². The van der Waals surface area contributed by atoms with Crippen LogP contribution in [0.25, 0.3) is 0 Å². The monoisotopic (exact) mass is 265 g/mol. The minimum Gasteiger partial charge on any atom is -0.481 e. The van der Waals surface area contributed by atoms with Gasteiger partial charge in [-0.05, 0) is 12.8 Å². The molecular formula is C13H19N3O3. The maximum atomic E-state index is 12.1. The predicted molar refractivity (Wildman–Crippen MR) is 68.5 cm³/mol. The topological polar surface area (TPSA) is 75.4 Å². The van der Waals surface area contributed by atoms with Crippen molar-refractivity contribution in [3.63, 3.8) is 0 Å². The summed E-state index contributed by atoms with van der Waals surface area (Å²) in [6, 6.07) is 0. The summed E-state index contributed by atoms with van der Waals surface area (Å²) in [5, 5.41) is 8.92. The molecule has 1 aliphatic heterocycles. The van der Waals surface area contributed by atoms with Gasteiger partial charge in [0.15, 0.2) is 0 Å². The Labute approximate surface area is 112 Å². The van der Waals surface area contributed by atoms with Crippen molar-refractivity contribution in [1.82, 2.24) is 14.5 Å². The number of rotatable bonds is 4. The Kier molecular flexibility index (Phi) is 4.19. The highest BCUT2D eigenvalue weighted by Crippen LogP contribution is 2.17.